The Morgan fingerprint density at radius 3 is 2.63 bits per heavy atom. The van der Waals surface area contributed by atoms with Crippen LogP contribution < -0.4 is 5.32 Å². The molecule has 0 aliphatic rings. The van der Waals surface area contributed by atoms with Gasteiger partial charge in [-0.25, -0.2) is 4.79 Å². The summed E-state index contributed by atoms with van der Waals surface area (Å²) in [6, 6.07) is 3.04. The van der Waals surface area contributed by atoms with Crippen LogP contribution in [0.4, 0.5) is 18.9 Å². The molecule has 0 saturated carbocycles. The molecule has 3 nitrogen and oxygen atoms in total. The summed E-state index contributed by atoms with van der Waals surface area (Å²) >= 11 is 0. The first-order valence-corrected chi connectivity index (χ1v) is 5.44. The van der Waals surface area contributed by atoms with Crippen molar-refractivity contribution in [1.29, 1.82) is 0 Å². The molecule has 0 atom stereocenters. The van der Waals surface area contributed by atoms with Crippen molar-refractivity contribution in [2.45, 2.75) is 19.5 Å². The van der Waals surface area contributed by atoms with Crippen LogP contribution in [0.2, 0.25) is 0 Å². The second-order valence-corrected chi connectivity index (χ2v) is 3.67. The minimum atomic E-state index is -4.70. The molecule has 0 fully saturated rings. The van der Waals surface area contributed by atoms with E-state index in [2.05, 4.69) is 17.2 Å². The number of carboxylic acid groups (broad SMARTS) is 1. The number of halogens is 3. The van der Waals surface area contributed by atoms with E-state index in [0.717, 1.165) is 12.1 Å². The number of alkyl halides is 3. The molecule has 0 bridgehead atoms. The summed E-state index contributed by atoms with van der Waals surface area (Å²) in [5, 5.41) is 11.5. The van der Waals surface area contributed by atoms with Gasteiger partial charge >= 0.3 is 12.1 Å². The third kappa shape index (κ3) is 4.21. The molecule has 6 heteroatoms. The van der Waals surface area contributed by atoms with E-state index in [1.165, 1.54) is 6.07 Å². The second kappa shape index (κ2) is 6.14. The Labute approximate surface area is 108 Å². The van der Waals surface area contributed by atoms with E-state index < -0.39 is 23.3 Å². The van der Waals surface area contributed by atoms with Crippen LogP contribution in [-0.2, 0) is 6.18 Å². The summed E-state index contributed by atoms with van der Waals surface area (Å²) in [4.78, 5) is 10.7. The SMILES string of the molecule is CC#CCCNc1ccc(C(=O)O)c(C(F)(F)F)c1. The first kappa shape index (κ1) is 14.9. The molecule has 2 N–H and O–H groups in total. The van der Waals surface area contributed by atoms with E-state index in [1.54, 1.807) is 6.92 Å². The average Bonchev–Trinajstić information content (AvgIpc) is 2.33. The Morgan fingerprint density at radius 2 is 2.11 bits per heavy atom. The molecule has 1 aromatic rings. The Morgan fingerprint density at radius 1 is 1.42 bits per heavy atom. The van der Waals surface area contributed by atoms with Gasteiger partial charge in [0.25, 0.3) is 0 Å². The maximum Gasteiger partial charge on any atom is 0.417 e. The zero-order valence-corrected chi connectivity index (χ0v) is 10.1. The molecule has 0 saturated heterocycles. The lowest BCUT2D eigenvalue weighted by Crippen LogP contribution is -2.14. The number of carbonyl (C=O) groups is 1. The van der Waals surface area contributed by atoms with Gasteiger partial charge in [-0.2, -0.15) is 13.2 Å². The normalized spacial score (nSPS) is 10.5. The number of hydrogen-bond acceptors (Lipinski definition) is 2. The summed E-state index contributed by atoms with van der Waals surface area (Å²) in [5.41, 5.74) is -1.70. The van der Waals surface area contributed by atoms with Crippen LogP contribution in [-0.4, -0.2) is 17.6 Å². The molecule has 0 aromatic heterocycles. The molecule has 1 aromatic carbocycles. The van der Waals surface area contributed by atoms with E-state index in [0.29, 0.717) is 13.0 Å². The molecule has 0 heterocycles. The molecule has 102 valence electrons. The van der Waals surface area contributed by atoms with Gasteiger partial charge in [0.1, 0.15) is 0 Å². The number of benzene rings is 1. The van der Waals surface area contributed by atoms with E-state index in [-0.39, 0.29) is 5.69 Å². The molecule has 1 rings (SSSR count). The quantitative estimate of drug-likeness (QED) is 0.653. The topological polar surface area (TPSA) is 49.3 Å². The van der Waals surface area contributed by atoms with Crippen molar-refractivity contribution >= 4 is 11.7 Å². The highest BCUT2D eigenvalue weighted by atomic mass is 19.4. The standard InChI is InChI=1S/C13H12F3NO2/c1-2-3-4-7-17-9-5-6-10(12(18)19)11(8-9)13(14,15)16/h5-6,8,17H,4,7H2,1H3,(H,18,19). The van der Waals surface area contributed by atoms with Crippen molar-refractivity contribution in [3.05, 3.63) is 29.3 Å². The van der Waals surface area contributed by atoms with Gasteiger partial charge in [-0.3, -0.25) is 0 Å². The van der Waals surface area contributed by atoms with Crippen LogP contribution in [0.15, 0.2) is 18.2 Å². The van der Waals surface area contributed by atoms with Crippen molar-refractivity contribution in [1.82, 2.24) is 0 Å². The van der Waals surface area contributed by atoms with Crippen LogP contribution in [0, 0.1) is 11.8 Å². The lowest BCUT2D eigenvalue weighted by atomic mass is 10.1. The highest BCUT2D eigenvalue weighted by Crippen LogP contribution is 2.33. The molecule has 0 unspecified atom stereocenters. The predicted octanol–water partition coefficient (Wildman–Crippen LogP) is 3.23. The van der Waals surface area contributed by atoms with Crippen molar-refractivity contribution in [3.63, 3.8) is 0 Å². The van der Waals surface area contributed by atoms with Crippen LogP contribution in [0.1, 0.15) is 29.3 Å². The Hall–Kier alpha value is -2.16. The number of hydrogen-bond donors (Lipinski definition) is 2. The fraction of sp³-hybridized carbons (Fsp3) is 0.308. The third-order valence-corrected chi connectivity index (χ3v) is 2.31. The maximum absolute atomic E-state index is 12.7. The van der Waals surface area contributed by atoms with Gasteiger partial charge in [-0.05, 0) is 25.1 Å². The summed E-state index contributed by atoms with van der Waals surface area (Å²) in [5.74, 6) is 3.83. The second-order valence-electron chi connectivity index (χ2n) is 3.67. The van der Waals surface area contributed by atoms with Gasteiger partial charge in [0.15, 0.2) is 0 Å². The Bertz CT molecular complexity index is 527. The molecule has 19 heavy (non-hydrogen) atoms. The van der Waals surface area contributed by atoms with Crippen LogP contribution in [0.3, 0.4) is 0 Å². The van der Waals surface area contributed by atoms with Gasteiger partial charge in [0.2, 0.25) is 0 Å². The monoisotopic (exact) mass is 271 g/mol. The van der Waals surface area contributed by atoms with Crippen molar-refractivity contribution in [3.8, 4) is 11.8 Å². The van der Waals surface area contributed by atoms with Gasteiger partial charge in [0.05, 0.1) is 11.1 Å². The molecule has 0 aliphatic heterocycles. The van der Waals surface area contributed by atoms with Crippen LogP contribution >= 0.6 is 0 Å². The molecule has 0 radical (unpaired) electrons. The van der Waals surface area contributed by atoms with Gasteiger partial charge in [-0.1, -0.05) is 0 Å². The zero-order chi connectivity index (χ0) is 14.5. The number of carboxylic acids is 1. The Balaban J connectivity index is 2.97. The minimum absolute atomic E-state index is 0.218. The number of rotatable bonds is 4. The van der Waals surface area contributed by atoms with E-state index >= 15 is 0 Å². The third-order valence-electron chi connectivity index (χ3n) is 2.31. The fourth-order valence-corrected chi connectivity index (χ4v) is 1.47. The molecule has 0 aliphatic carbocycles. The molecular formula is C13H12F3NO2. The number of anilines is 1. The first-order valence-electron chi connectivity index (χ1n) is 5.44. The Kier molecular flexibility index (Phi) is 4.81. The maximum atomic E-state index is 12.7. The van der Waals surface area contributed by atoms with Crippen molar-refractivity contribution < 1.29 is 23.1 Å². The van der Waals surface area contributed by atoms with E-state index in [4.69, 9.17) is 5.11 Å². The summed E-state index contributed by atoms with van der Waals surface area (Å²) in [6.45, 7) is 2.06. The number of nitrogens with one attached hydrogen (secondary N) is 1. The number of aromatic carboxylic acids is 1. The van der Waals surface area contributed by atoms with Crippen molar-refractivity contribution in [2.75, 3.05) is 11.9 Å². The summed E-state index contributed by atoms with van der Waals surface area (Å²) in [6.07, 6.45) is -4.20. The summed E-state index contributed by atoms with van der Waals surface area (Å²) in [7, 11) is 0. The van der Waals surface area contributed by atoms with Gasteiger partial charge < -0.3 is 10.4 Å². The van der Waals surface area contributed by atoms with Gasteiger partial charge in [-0.15, -0.1) is 11.8 Å². The lowest BCUT2D eigenvalue weighted by Gasteiger charge is -2.12. The predicted molar refractivity (Wildman–Crippen MR) is 65.0 cm³/mol. The molecule has 0 amide bonds. The largest absolute Gasteiger partial charge is 0.478 e. The average molecular weight is 271 g/mol. The lowest BCUT2D eigenvalue weighted by molar-refractivity contribution is -0.138. The fourth-order valence-electron chi connectivity index (χ4n) is 1.47. The summed E-state index contributed by atoms with van der Waals surface area (Å²) < 4.78 is 38.2. The van der Waals surface area contributed by atoms with Crippen LogP contribution in [0.25, 0.3) is 0 Å². The highest BCUT2D eigenvalue weighted by Gasteiger charge is 2.35. The van der Waals surface area contributed by atoms with E-state index in [9.17, 15) is 18.0 Å². The minimum Gasteiger partial charge on any atom is -0.478 e. The highest BCUT2D eigenvalue weighted by molar-refractivity contribution is 5.90. The van der Waals surface area contributed by atoms with Crippen LogP contribution in [0.5, 0.6) is 0 Å². The smallest absolute Gasteiger partial charge is 0.417 e. The molecular weight excluding hydrogens is 259 g/mol. The van der Waals surface area contributed by atoms with E-state index in [1.807, 2.05) is 0 Å². The molecule has 0 spiro atoms. The zero-order valence-electron chi connectivity index (χ0n) is 10.1. The first-order chi connectivity index (χ1) is 8.86. The van der Waals surface area contributed by atoms with Crippen molar-refractivity contribution in [2.24, 2.45) is 0 Å². The van der Waals surface area contributed by atoms with Gasteiger partial charge in [0, 0.05) is 18.7 Å².